The van der Waals surface area contributed by atoms with Crippen LogP contribution in [0, 0.1) is 0 Å². The van der Waals surface area contributed by atoms with Crippen LogP contribution in [0.3, 0.4) is 0 Å². The highest BCUT2D eigenvalue weighted by Crippen LogP contribution is 2.12. The summed E-state index contributed by atoms with van der Waals surface area (Å²) < 4.78 is 16.0. The van der Waals surface area contributed by atoms with Gasteiger partial charge in [0.2, 0.25) is 0 Å². The molecule has 1 rings (SSSR count). The van der Waals surface area contributed by atoms with Gasteiger partial charge in [-0.15, -0.1) is 6.58 Å². The van der Waals surface area contributed by atoms with Gasteiger partial charge in [0, 0.05) is 12.8 Å². The average Bonchev–Trinajstić information content (AvgIpc) is 2.77. The van der Waals surface area contributed by atoms with E-state index in [0.29, 0.717) is 26.1 Å². The van der Waals surface area contributed by atoms with Crippen molar-refractivity contribution in [3.8, 4) is 0 Å². The highest BCUT2D eigenvalue weighted by atomic mass is 16.6. The van der Waals surface area contributed by atoms with Gasteiger partial charge in [-0.05, 0) is 71.2 Å². The lowest BCUT2D eigenvalue weighted by Crippen LogP contribution is -2.29. The lowest BCUT2D eigenvalue weighted by atomic mass is 10.0. The summed E-state index contributed by atoms with van der Waals surface area (Å²) in [6, 6.07) is 8.32. The first-order valence-corrected chi connectivity index (χ1v) is 12.6. The molecule has 0 fully saturated rings. The van der Waals surface area contributed by atoms with Gasteiger partial charge < -0.3 is 19.5 Å². The molecule has 1 aromatic rings. The van der Waals surface area contributed by atoms with Gasteiger partial charge in [0.05, 0.1) is 13.2 Å². The lowest BCUT2D eigenvalue weighted by molar-refractivity contribution is -0.156. The number of carbonyl (C=O) groups is 2. The van der Waals surface area contributed by atoms with Gasteiger partial charge in [-0.3, -0.25) is 4.79 Å². The fraction of sp³-hybridized carbons (Fsp3) is 0.643. The third-order valence-electron chi connectivity index (χ3n) is 5.15. The van der Waals surface area contributed by atoms with Crippen molar-refractivity contribution >= 4 is 11.9 Å². The van der Waals surface area contributed by atoms with Gasteiger partial charge in [-0.1, -0.05) is 49.6 Å². The number of carbonyl (C=O) groups excluding carboxylic acids is 2. The van der Waals surface area contributed by atoms with E-state index in [1.807, 2.05) is 20.8 Å². The topological polar surface area (TPSA) is 73.9 Å². The van der Waals surface area contributed by atoms with Crippen molar-refractivity contribution < 1.29 is 23.8 Å². The zero-order valence-corrected chi connectivity index (χ0v) is 21.7. The van der Waals surface area contributed by atoms with E-state index in [9.17, 15) is 9.59 Å². The first kappa shape index (κ1) is 29.9. The Kier molecular flexibility index (Phi) is 15.2. The predicted octanol–water partition coefficient (Wildman–Crippen LogP) is 5.18. The number of unbranched alkanes of at least 4 members (excludes halogenated alkanes) is 4. The molecule has 0 spiro atoms. The molecule has 0 amide bonds. The van der Waals surface area contributed by atoms with Crippen LogP contribution in [0.25, 0.3) is 0 Å². The summed E-state index contributed by atoms with van der Waals surface area (Å²) in [5.41, 5.74) is 1.92. The third-order valence-corrected chi connectivity index (χ3v) is 5.15. The summed E-state index contributed by atoms with van der Waals surface area (Å²) in [6.45, 7) is 13.7. The van der Waals surface area contributed by atoms with Crippen LogP contribution in [0.5, 0.6) is 0 Å². The van der Waals surface area contributed by atoms with Crippen molar-refractivity contribution in [3.05, 3.63) is 48.0 Å². The third kappa shape index (κ3) is 14.9. The molecule has 0 saturated heterocycles. The van der Waals surface area contributed by atoms with Crippen LogP contribution in [0.2, 0.25) is 0 Å². The van der Waals surface area contributed by atoms with Crippen molar-refractivity contribution in [1.82, 2.24) is 5.32 Å². The van der Waals surface area contributed by atoms with Crippen molar-refractivity contribution in [2.75, 3.05) is 26.3 Å². The SMILES string of the molecule is C=CCOC(Cc1ccc(CCNCCCCCCCC(=O)OC(C)(C)C)cc1)C(=O)OCC. The second kappa shape index (κ2) is 17.3. The fourth-order valence-corrected chi connectivity index (χ4v) is 3.49. The number of hydrogen-bond acceptors (Lipinski definition) is 6. The summed E-state index contributed by atoms with van der Waals surface area (Å²) >= 11 is 0. The molecule has 6 heteroatoms. The van der Waals surface area contributed by atoms with Gasteiger partial charge in [-0.25, -0.2) is 4.79 Å². The van der Waals surface area contributed by atoms with E-state index in [1.54, 1.807) is 13.0 Å². The van der Waals surface area contributed by atoms with Gasteiger partial charge in [-0.2, -0.15) is 0 Å². The van der Waals surface area contributed by atoms with E-state index in [2.05, 4.69) is 36.2 Å². The monoisotopic (exact) mass is 475 g/mol. The molecule has 0 saturated carbocycles. The molecule has 192 valence electrons. The number of nitrogens with one attached hydrogen (secondary N) is 1. The number of rotatable bonds is 18. The second-order valence-corrected chi connectivity index (χ2v) is 9.49. The summed E-state index contributed by atoms with van der Waals surface area (Å²) in [4.78, 5) is 23.8. The number of ether oxygens (including phenoxy) is 3. The Balaban J connectivity index is 2.16. The maximum Gasteiger partial charge on any atom is 0.335 e. The maximum atomic E-state index is 12.1. The van der Waals surface area contributed by atoms with Gasteiger partial charge in [0.25, 0.3) is 0 Å². The van der Waals surface area contributed by atoms with Crippen molar-refractivity contribution in [2.24, 2.45) is 0 Å². The minimum Gasteiger partial charge on any atom is -0.464 e. The van der Waals surface area contributed by atoms with Crippen LogP contribution < -0.4 is 5.32 Å². The van der Waals surface area contributed by atoms with E-state index < -0.39 is 11.7 Å². The van der Waals surface area contributed by atoms with E-state index in [-0.39, 0.29) is 11.9 Å². The van der Waals surface area contributed by atoms with Crippen LogP contribution in [0.15, 0.2) is 36.9 Å². The largest absolute Gasteiger partial charge is 0.464 e. The van der Waals surface area contributed by atoms with Crippen molar-refractivity contribution in [3.63, 3.8) is 0 Å². The van der Waals surface area contributed by atoms with Crippen molar-refractivity contribution in [2.45, 2.75) is 90.8 Å². The molecular weight excluding hydrogens is 430 g/mol. The minimum atomic E-state index is -0.609. The van der Waals surface area contributed by atoms with Crippen LogP contribution in [-0.4, -0.2) is 49.9 Å². The summed E-state index contributed by atoms with van der Waals surface area (Å²) in [7, 11) is 0. The summed E-state index contributed by atoms with van der Waals surface area (Å²) in [5.74, 6) is -0.428. The Morgan fingerprint density at radius 2 is 1.65 bits per heavy atom. The molecule has 0 bridgehead atoms. The summed E-state index contributed by atoms with van der Waals surface area (Å²) in [5, 5.41) is 3.50. The first-order chi connectivity index (χ1) is 16.2. The first-order valence-electron chi connectivity index (χ1n) is 12.6. The smallest absolute Gasteiger partial charge is 0.335 e. The van der Waals surface area contributed by atoms with Gasteiger partial charge >= 0.3 is 11.9 Å². The maximum absolute atomic E-state index is 12.1. The van der Waals surface area contributed by atoms with Crippen molar-refractivity contribution in [1.29, 1.82) is 0 Å². The van der Waals surface area contributed by atoms with Crippen LogP contribution in [0.4, 0.5) is 0 Å². The van der Waals surface area contributed by atoms with Crippen LogP contribution in [0.1, 0.15) is 77.3 Å². The predicted molar refractivity (Wildman–Crippen MR) is 137 cm³/mol. The lowest BCUT2D eigenvalue weighted by Gasteiger charge is -2.19. The number of benzene rings is 1. The Bertz CT molecular complexity index is 709. The summed E-state index contributed by atoms with van der Waals surface area (Å²) in [6.07, 6.45) is 8.43. The zero-order valence-electron chi connectivity index (χ0n) is 21.7. The highest BCUT2D eigenvalue weighted by Gasteiger charge is 2.20. The molecule has 0 radical (unpaired) electrons. The molecule has 1 aromatic carbocycles. The van der Waals surface area contributed by atoms with Gasteiger partial charge in [0.1, 0.15) is 5.60 Å². The Labute approximate surface area is 206 Å². The number of esters is 2. The molecule has 0 aliphatic carbocycles. The number of hydrogen-bond donors (Lipinski definition) is 1. The second-order valence-electron chi connectivity index (χ2n) is 9.49. The van der Waals surface area contributed by atoms with Crippen LogP contribution in [-0.2, 0) is 36.6 Å². The van der Waals surface area contributed by atoms with Crippen LogP contribution >= 0.6 is 0 Å². The Morgan fingerprint density at radius 1 is 1.00 bits per heavy atom. The van der Waals surface area contributed by atoms with E-state index in [4.69, 9.17) is 14.2 Å². The molecular formula is C28H45NO5. The minimum absolute atomic E-state index is 0.0953. The standard InChI is InChI=1S/C28H45NO5/c1-6-21-33-25(27(31)32-7-2)22-24-16-14-23(15-17-24)18-20-29-19-12-10-8-9-11-13-26(30)34-28(3,4)5/h6,14-17,25,29H,1,7-13,18-22H2,2-5H3. The molecule has 0 aliphatic heterocycles. The van der Waals surface area contributed by atoms with E-state index in [0.717, 1.165) is 50.8 Å². The normalized spacial score (nSPS) is 12.2. The van der Waals surface area contributed by atoms with Gasteiger partial charge in [0.15, 0.2) is 6.10 Å². The average molecular weight is 476 g/mol. The molecule has 1 unspecified atom stereocenters. The van der Waals surface area contributed by atoms with E-state index in [1.165, 1.54) is 12.0 Å². The Morgan fingerprint density at radius 3 is 2.29 bits per heavy atom. The quantitative estimate of drug-likeness (QED) is 0.179. The molecule has 34 heavy (non-hydrogen) atoms. The molecule has 6 nitrogen and oxygen atoms in total. The molecule has 1 N–H and O–H groups in total. The Hall–Kier alpha value is -2.18. The molecule has 1 atom stereocenters. The molecule has 0 aromatic heterocycles. The van der Waals surface area contributed by atoms with E-state index >= 15 is 0 Å². The highest BCUT2D eigenvalue weighted by molar-refractivity contribution is 5.75. The zero-order chi connectivity index (χ0) is 25.2. The fourth-order valence-electron chi connectivity index (χ4n) is 3.49. The molecule has 0 aliphatic rings. The molecule has 0 heterocycles.